The normalized spacial score (nSPS) is 22.7. The van der Waals surface area contributed by atoms with Gasteiger partial charge in [-0.15, -0.1) is 0 Å². The van der Waals surface area contributed by atoms with Gasteiger partial charge in [-0.2, -0.15) is 0 Å². The molecule has 24 heavy (non-hydrogen) atoms. The van der Waals surface area contributed by atoms with Crippen molar-refractivity contribution < 1.29 is 14.0 Å². The summed E-state index contributed by atoms with van der Waals surface area (Å²) in [5, 5.41) is 4.52. The van der Waals surface area contributed by atoms with Crippen LogP contribution in [-0.4, -0.2) is 42.5 Å². The van der Waals surface area contributed by atoms with Crippen LogP contribution >= 0.6 is 0 Å². The molecule has 0 aromatic carbocycles. The topological polar surface area (TPSA) is 44.5 Å². The third-order valence-corrected chi connectivity index (χ3v) is 9.95. The minimum absolute atomic E-state index is 0.247. The first kappa shape index (κ1) is 20.2. The molecule has 1 atom stereocenters. The van der Waals surface area contributed by atoms with Crippen LogP contribution in [0.1, 0.15) is 70.1 Å². The van der Waals surface area contributed by atoms with E-state index in [-0.39, 0.29) is 5.92 Å². The monoisotopic (exact) mass is 445 g/mol. The second kappa shape index (κ2) is 8.54. The van der Waals surface area contributed by atoms with Crippen molar-refractivity contribution in [3.05, 3.63) is 11.3 Å². The first-order valence-corrected chi connectivity index (χ1v) is 19.7. The minimum atomic E-state index is -2.25. The van der Waals surface area contributed by atoms with Gasteiger partial charge in [0.1, 0.15) is 0 Å². The standard InChI is InChI=1S/C14H20NO3.C2H6.3CH3.Sn/c1-2-3-7-14(16-8-9-17-14)12-6-4-5-11-10-18-15-13(11)12;1-2;;;;/h12H,2-9H2,1H3;1-2H3;3*1H3;. The number of ether oxygens (including phenoxy) is 2. The molecule has 4 nitrogen and oxygen atoms in total. The van der Waals surface area contributed by atoms with Crippen LogP contribution in [0.2, 0.25) is 14.8 Å². The molecule has 0 bridgehead atoms. The molecule has 1 unspecified atom stereocenters. The number of hydrogen-bond donors (Lipinski definition) is 0. The Balaban J connectivity index is 0.00000100. The van der Waals surface area contributed by atoms with Gasteiger partial charge in [0.15, 0.2) is 0 Å². The zero-order chi connectivity index (χ0) is 17.8. The Morgan fingerprint density at radius 2 is 1.83 bits per heavy atom. The van der Waals surface area contributed by atoms with Crippen LogP contribution < -0.4 is 3.78 Å². The third kappa shape index (κ3) is 4.01. The van der Waals surface area contributed by atoms with Crippen LogP contribution in [0.4, 0.5) is 0 Å². The molecular weight excluding hydrogens is 409 g/mol. The Morgan fingerprint density at radius 1 is 1.17 bits per heavy atom. The Labute approximate surface area is 151 Å². The fourth-order valence-electron chi connectivity index (χ4n) is 3.89. The van der Waals surface area contributed by atoms with E-state index in [1.54, 1.807) is 0 Å². The number of fused-ring (bicyclic) bond motifs is 1. The molecule has 2 aliphatic rings. The number of aromatic nitrogens is 1. The van der Waals surface area contributed by atoms with E-state index < -0.39 is 24.2 Å². The van der Waals surface area contributed by atoms with Gasteiger partial charge >= 0.3 is 138 Å². The van der Waals surface area contributed by atoms with E-state index >= 15 is 0 Å². The summed E-state index contributed by atoms with van der Waals surface area (Å²) in [4.78, 5) is 7.19. The van der Waals surface area contributed by atoms with E-state index in [0.29, 0.717) is 13.2 Å². The molecule has 0 saturated carbocycles. The summed E-state index contributed by atoms with van der Waals surface area (Å²) < 4.78 is 19.4. The molecule has 2 heterocycles. The van der Waals surface area contributed by atoms with Gasteiger partial charge in [-0.1, -0.05) is 13.8 Å². The van der Waals surface area contributed by atoms with Crippen molar-refractivity contribution in [3.8, 4) is 0 Å². The van der Waals surface area contributed by atoms with Crippen LogP contribution in [0.25, 0.3) is 0 Å². The Kier molecular flexibility index (Phi) is 7.20. The molecule has 0 amide bonds. The van der Waals surface area contributed by atoms with Crippen molar-refractivity contribution in [2.24, 2.45) is 0 Å². The van der Waals surface area contributed by atoms with Crippen LogP contribution in [0.3, 0.4) is 0 Å². The zero-order valence-electron chi connectivity index (χ0n) is 16.4. The van der Waals surface area contributed by atoms with Crippen molar-refractivity contribution in [1.29, 1.82) is 0 Å². The predicted octanol–water partition coefficient (Wildman–Crippen LogP) is 4.60. The average Bonchev–Trinajstić information content (AvgIpc) is 3.21. The van der Waals surface area contributed by atoms with E-state index in [2.05, 4.69) is 26.9 Å². The van der Waals surface area contributed by atoms with Crippen molar-refractivity contribution >= 4 is 22.2 Å². The van der Waals surface area contributed by atoms with Gasteiger partial charge in [-0.05, 0) is 0 Å². The first-order valence-electron chi connectivity index (χ1n) is 9.75. The van der Waals surface area contributed by atoms with Crippen LogP contribution in [0, 0.1) is 0 Å². The van der Waals surface area contributed by atoms with Crippen molar-refractivity contribution in [1.82, 2.24) is 5.16 Å². The maximum atomic E-state index is 6.15. The number of hydrogen-bond acceptors (Lipinski definition) is 4. The maximum absolute atomic E-state index is 6.15. The molecule has 0 spiro atoms. The van der Waals surface area contributed by atoms with E-state index in [9.17, 15) is 0 Å². The molecule has 1 aromatic rings. The molecular formula is C19H35NO3Sn. The summed E-state index contributed by atoms with van der Waals surface area (Å²) in [5.74, 6) is -0.205. The van der Waals surface area contributed by atoms with Gasteiger partial charge in [0.05, 0.1) is 0 Å². The van der Waals surface area contributed by atoms with Gasteiger partial charge < -0.3 is 0 Å². The molecule has 1 aliphatic heterocycles. The van der Waals surface area contributed by atoms with Gasteiger partial charge in [-0.3, -0.25) is 0 Å². The fourth-order valence-corrected chi connectivity index (χ4v) is 8.11. The molecule has 1 aromatic heterocycles. The van der Waals surface area contributed by atoms with Gasteiger partial charge in [-0.25, -0.2) is 0 Å². The number of nitrogens with zero attached hydrogens (tertiary/aromatic N) is 1. The predicted molar refractivity (Wildman–Crippen MR) is 101 cm³/mol. The zero-order valence-corrected chi connectivity index (χ0v) is 19.3. The molecule has 138 valence electrons. The van der Waals surface area contributed by atoms with Crippen LogP contribution in [0.15, 0.2) is 4.52 Å². The number of unbranched alkanes of at least 4 members (excludes halogenated alkanes) is 1. The Morgan fingerprint density at radius 3 is 2.42 bits per heavy atom. The molecule has 0 radical (unpaired) electrons. The fraction of sp³-hybridized carbons (Fsp3) is 0.842. The SMILES string of the molecule is CC.CCCCC1(C2CCCc3c2no[c]3[Sn]([CH3])([CH3])[CH3])OCCO1. The molecule has 5 heteroatoms. The Hall–Kier alpha value is -0.0713. The second-order valence-corrected chi connectivity index (χ2v) is 21.8. The van der Waals surface area contributed by atoms with Gasteiger partial charge in [0, 0.05) is 0 Å². The molecule has 1 aliphatic carbocycles. The van der Waals surface area contributed by atoms with E-state index in [1.165, 1.54) is 15.8 Å². The van der Waals surface area contributed by atoms with Crippen LogP contribution in [-0.2, 0) is 15.9 Å². The number of rotatable bonds is 5. The third-order valence-electron chi connectivity index (χ3n) is 4.94. The molecule has 3 rings (SSSR count). The average molecular weight is 444 g/mol. The van der Waals surface area contributed by atoms with Crippen molar-refractivity contribution in [2.45, 2.75) is 85.8 Å². The molecule has 1 fully saturated rings. The first-order chi connectivity index (χ1) is 11.5. The summed E-state index contributed by atoms with van der Waals surface area (Å²) in [6.07, 6.45) is 6.67. The summed E-state index contributed by atoms with van der Waals surface area (Å²) in [7, 11) is 0. The van der Waals surface area contributed by atoms with Crippen molar-refractivity contribution in [2.75, 3.05) is 13.2 Å². The van der Waals surface area contributed by atoms with E-state index in [1.807, 2.05) is 13.8 Å². The molecule has 0 N–H and O–H groups in total. The van der Waals surface area contributed by atoms with E-state index in [4.69, 9.17) is 14.0 Å². The summed E-state index contributed by atoms with van der Waals surface area (Å²) in [5.41, 5.74) is 2.54. The van der Waals surface area contributed by atoms with Gasteiger partial charge in [0.2, 0.25) is 0 Å². The van der Waals surface area contributed by atoms with Gasteiger partial charge in [0.25, 0.3) is 0 Å². The summed E-state index contributed by atoms with van der Waals surface area (Å²) in [6.45, 7) is 7.63. The second-order valence-electron chi connectivity index (χ2n) is 7.68. The van der Waals surface area contributed by atoms with Crippen molar-refractivity contribution in [3.63, 3.8) is 0 Å². The Bertz CT molecular complexity index is 515. The summed E-state index contributed by atoms with van der Waals surface area (Å²) in [6, 6.07) is 0. The van der Waals surface area contributed by atoms with Crippen LogP contribution in [0.5, 0.6) is 0 Å². The van der Waals surface area contributed by atoms with E-state index in [0.717, 1.165) is 37.8 Å². The molecule has 1 saturated heterocycles. The summed E-state index contributed by atoms with van der Waals surface area (Å²) >= 11 is -2.25. The quantitative estimate of drug-likeness (QED) is 0.623.